The minimum absolute atomic E-state index is 0.611. The molecule has 9 aromatic rings. The smallest absolute Gasteiger partial charge is 0.178 e. The van der Waals surface area contributed by atoms with Crippen LogP contribution in [0.1, 0.15) is 0 Å². The van der Waals surface area contributed by atoms with Gasteiger partial charge in [-0.05, 0) is 107 Å². The van der Waals surface area contributed by atoms with Gasteiger partial charge in [0, 0.05) is 18.0 Å². The first kappa shape index (κ1) is 24.6. The molecule has 44 heavy (non-hydrogen) atoms. The highest BCUT2D eigenvalue weighted by molar-refractivity contribution is 6.25. The molecule has 3 heteroatoms. The standard InChI is InChI=1S/C41H25N3/c1-2-9-27-21-31-22-29(15-14-28(31)20-26(27)8-1)32-24-39(44-40(25-32)41-42-18-7-19-43-41)30-16-17-37-35-12-4-3-10-33(35)34-11-5-6-13-36(34)38(37)23-30/h1-25H. The summed E-state index contributed by atoms with van der Waals surface area (Å²) in [6.07, 6.45) is 3.54. The summed E-state index contributed by atoms with van der Waals surface area (Å²) in [5, 5.41) is 12.4. The van der Waals surface area contributed by atoms with Crippen LogP contribution < -0.4 is 0 Å². The van der Waals surface area contributed by atoms with Crippen LogP contribution in [0.3, 0.4) is 0 Å². The number of fused-ring (bicyclic) bond motifs is 8. The van der Waals surface area contributed by atoms with E-state index in [0.717, 1.165) is 28.1 Å². The minimum Gasteiger partial charge on any atom is -0.244 e. The molecule has 0 radical (unpaired) electrons. The number of pyridine rings is 1. The van der Waals surface area contributed by atoms with Gasteiger partial charge in [0.05, 0.1) is 5.69 Å². The second kappa shape index (κ2) is 9.82. The van der Waals surface area contributed by atoms with Gasteiger partial charge in [0.15, 0.2) is 5.82 Å². The van der Waals surface area contributed by atoms with E-state index < -0.39 is 0 Å². The molecule has 0 fully saturated rings. The van der Waals surface area contributed by atoms with Gasteiger partial charge >= 0.3 is 0 Å². The van der Waals surface area contributed by atoms with Crippen molar-refractivity contribution >= 4 is 53.9 Å². The third-order valence-corrected chi connectivity index (χ3v) is 8.70. The molecule has 9 rings (SSSR count). The Hall–Kier alpha value is -5.93. The molecule has 0 aliphatic heterocycles. The lowest BCUT2D eigenvalue weighted by molar-refractivity contribution is 1.14. The van der Waals surface area contributed by atoms with Crippen molar-refractivity contribution < 1.29 is 0 Å². The van der Waals surface area contributed by atoms with Crippen LogP contribution in [0.15, 0.2) is 152 Å². The molecule has 204 valence electrons. The fraction of sp³-hybridized carbons (Fsp3) is 0. The SMILES string of the molecule is c1cnc(-c2cc(-c3ccc4cc5ccccc5cc4c3)cc(-c3ccc4c5ccccc5c5ccccc5c4c3)n2)nc1. The van der Waals surface area contributed by atoms with Crippen LogP contribution >= 0.6 is 0 Å². The first-order chi connectivity index (χ1) is 21.8. The maximum Gasteiger partial charge on any atom is 0.178 e. The Balaban J connectivity index is 1.27. The number of aromatic nitrogens is 3. The monoisotopic (exact) mass is 559 g/mol. The Morgan fingerprint density at radius 3 is 1.57 bits per heavy atom. The molecule has 0 aliphatic carbocycles. The summed E-state index contributed by atoms with van der Waals surface area (Å²) in [4.78, 5) is 14.2. The maximum atomic E-state index is 5.13. The molecule has 0 bridgehead atoms. The molecule has 0 unspecified atom stereocenters. The van der Waals surface area contributed by atoms with E-state index >= 15 is 0 Å². The average molecular weight is 560 g/mol. The zero-order chi connectivity index (χ0) is 29.0. The molecule has 2 heterocycles. The second-order valence-electron chi connectivity index (χ2n) is 11.3. The van der Waals surface area contributed by atoms with Crippen molar-refractivity contribution in [1.29, 1.82) is 0 Å². The van der Waals surface area contributed by atoms with E-state index in [4.69, 9.17) is 4.98 Å². The first-order valence-corrected chi connectivity index (χ1v) is 14.8. The summed E-state index contributed by atoms with van der Waals surface area (Å²) in [7, 11) is 0. The first-order valence-electron chi connectivity index (χ1n) is 14.8. The summed E-state index contributed by atoms with van der Waals surface area (Å²) in [6.45, 7) is 0. The summed E-state index contributed by atoms with van der Waals surface area (Å²) in [6, 6.07) is 49.9. The van der Waals surface area contributed by atoms with Gasteiger partial charge in [-0.1, -0.05) is 97.1 Å². The Labute approximate surface area is 254 Å². The molecule has 0 saturated heterocycles. The molecule has 0 amide bonds. The van der Waals surface area contributed by atoms with E-state index in [9.17, 15) is 0 Å². The zero-order valence-electron chi connectivity index (χ0n) is 23.8. The molecule has 0 saturated carbocycles. The van der Waals surface area contributed by atoms with E-state index in [1.54, 1.807) is 12.4 Å². The van der Waals surface area contributed by atoms with Gasteiger partial charge < -0.3 is 0 Å². The van der Waals surface area contributed by atoms with Crippen molar-refractivity contribution in [2.24, 2.45) is 0 Å². The topological polar surface area (TPSA) is 38.7 Å². The van der Waals surface area contributed by atoms with Gasteiger partial charge in [-0.3, -0.25) is 0 Å². The van der Waals surface area contributed by atoms with Gasteiger partial charge in [0.1, 0.15) is 5.69 Å². The van der Waals surface area contributed by atoms with Crippen molar-refractivity contribution in [3.05, 3.63) is 152 Å². The number of hydrogen-bond donors (Lipinski definition) is 0. The summed E-state index contributed by atoms with van der Waals surface area (Å²) >= 11 is 0. The number of hydrogen-bond acceptors (Lipinski definition) is 3. The quantitative estimate of drug-likeness (QED) is 0.160. The van der Waals surface area contributed by atoms with Crippen LogP contribution in [0.4, 0.5) is 0 Å². The normalized spacial score (nSPS) is 11.6. The highest BCUT2D eigenvalue weighted by Crippen LogP contribution is 2.38. The van der Waals surface area contributed by atoms with Gasteiger partial charge in [-0.15, -0.1) is 0 Å². The molecule has 2 aromatic heterocycles. The van der Waals surface area contributed by atoms with Crippen molar-refractivity contribution in [3.8, 4) is 33.9 Å². The van der Waals surface area contributed by atoms with Gasteiger partial charge in [-0.2, -0.15) is 0 Å². The molecular weight excluding hydrogens is 534 g/mol. The van der Waals surface area contributed by atoms with E-state index in [2.05, 4.69) is 143 Å². The van der Waals surface area contributed by atoms with Crippen LogP contribution in [0.5, 0.6) is 0 Å². The zero-order valence-corrected chi connectivity index (χ0v) is 23.8. The second-order valence-corrected chi connectivity index (χ2v) is 11.3. The number of rotatable bonds is 3. The lowest BCUT2D eigenvalue weighted by Crippen LogP contribution is -1.95. The van der Waals surface area contributed by atoms with E-state index in [-0.39, 0.29) is 0 Å². The molecule has 0 atom stereocenters. The van der Waals surface area contributed by atoms with Crippen molar-refractivity contribution in [2.75, 3.05) is 0 Å². The molecule has 0 spiro atoms. The molecule has 3 nitrogen and oxygen atoms in total. The third-order valence-electron chi connectivity index (χ3n) is 8.70. The fourth-order valence-corrected chi connectivity index (χ4v) is 6.58. The van der Waals surface area contributed by atoms with Gasteiger partial charge in [-0.25, -0.2) is 15.0 Å². The Morgan fingerprint density at radius 2 is 0.864 bits per heavy atom. The summed E-state index contributed by atoms with van der Waals surface area (Å²) in [5.41, 5.74) is 4.91. The van der Waals surface area contributed by atoms with Crippen molar-refractivity contribution in [2.45, 2.75) is 0 Å². The number of nitrogens with zero attached hydrogens (tertiary/aromatic N) is 3. The van der Waals surface area contributed by atoms with Crippen molar-refractivity contribution in [3.63, 3.8) is 0 Å². The molecular formula is C41H25N3. The van der Waals surface area contributed by atoms with Crippen LogP contribution in [0.2, 0.25) is 0 Å². The van der Waals surface area contributed by atoms with Gasteiger partial charge in [0.2, 0.25) is 0 Å². The Kier molecular flexibility index (Phi) is 5.50. The largest absolute Gasteiger partial charge is 0.244 e. The van der Waals surface area contributed by atoms with Crippen LogP contribution in [-0.4, -0.2) is 15.0 Å². The highest BCUT2D eigenvalue weighted by atomic mass is 14.9. The van der Waals surface area contributed by atoms with E-state index in [1.807, 2.05) is 6.07 Å². The van der Waals surface area contributed by atoms with Crippen LogP contribution in [0.25, 0.3) is 87.8 Å². The summed E-state index contributed by atoms with van der Waals surface area (Å²) < 4.78 is 0. The fourth-order valence-electron chi connectivity index (χ4n) is 6.58. The Morgan fingerprint density at radius 1 is 0.318 bits per heavy atom. The van der Waals surface area contributed by atoms with Gasteiger partial charge in [0.25, 0.3) is 0 Å². The number of benzene rings is 7. The van der Waals surface area contributed by atoms with E-state index in [1.165, 1.54) is 53.9 Å². The Bertz CT molecular complexity index is 2520. The summed E-state index contributed by atoms with van der Waals surface area (Å²) in [5.74, 6) is 0.611. The lowest BCUT2D eigenvalue weighted by atomic mass is 9.92. The highest BCUT2D eigenvalue weighted by Gasteiger charge is 2.14. The van der Waals surface area contributed by atoms with Crippen LogP contribution in [-0.2, 0) is 0 Å². The molecule has 7 aromatic carbocycles. The predicted molar refractivity (Wildman–Crippen MR) is 184 cm³/mol. The maximum absolute atomic E-state index is 5.13. The molecule has 0 N–H and O–H groups in total. The minimum atomic E-state index is 0.611. The predicted octanol–water partition coefficient (Wildman–Crippen LogP) is 10.6. The van der Waals surface area contributed by atoms with Crippen molar-refractivity contribution in [1.82, 2.24) is 15.0 Å². The molecule has 0 aliphatic rings. The third kappa shape index (κ3) is 4.02. The van der Waals surface area contributed by atoms with Crippen LogP contribution in [0, 0.1) is 0 Å². The average Bonchev–Trinajstić information content (AvgIpc) is 3.10. The lowest BCUT2D eigenvalue weighted by Gasteiger charge is -2.13. The van der Waals surface area contributed by atoms with E-state index in [0.29, 0.717) is 5.82 Å².